The van der Waals surface area contributed by atoms with E-state index in [4.69, 9.17) is 24.6 Å². The minimum absolute atomic E-state index is 0.347. The number of rotatable bonds is 8. The van der Waals surface area contributed by atoms with Crippen LogP contribution in [0.2, 0.25) is 0 Å². The Morgan fingerprint density at radius 3 is 2.43 bits per heavy atom. The zero-order valence-electron chi connectivity index (χ0n) is 17.4. The summed E-state index contributed by atoms with van der Waals surface area (Å²) in [6.45, 7) is 1.98. The standard InChI is InChI=1S/C20H29N5O4S/c1-28-17-9-15-16(10-18(17)29-2)23-19(14-5-3-4-6-14)24-20(15)25-11-13(12-25)7-8-22-30(21,26)27/h9-10,13-14,22H,3-8,11-12H2,1-2H3,(H2,21,26,27). The molecule has 0 radical (unpaired) electrons. The second kappa shape index (κ2) is 8.52. The Balaban J connectivity index is 1.61. The number of hydrogen-bond donors (Lipinski definition) is 2. The lowest BCUT2D eigenvalue weighted by atomic mass is 9.96. The topological polar surface area (TPSA) is 120 Å². The van der Waals surface area contributed by atoms with Crippen molar-refractivity contribution in [2.24, 2.45) is 11.1 Å². The van der Waals surface area contributed by atoms with Gasteiger partial charge in [0.1, 0.15) is 11.6 Å². The van der Waals surface area contributed by atoms with E-state index in [0.717, 1.165) is 54.9 Å². The Labute approximate surface area is 177 Å². The van der Waals surface area contributed by atoms with Crippen LogP contribution in [0.5, 0.6) is 11.5 Å². The molecule has 2 heterocycles. The summed E-state index contributed by atoms with van der Waals surface area (Å²) >= 11 is 0. The molecule has 0 spiro atoms. The van der Waals surface area contributed by atoms with Gasteiger partial charge in [0.15, 0.2) is 11.5 Å². The van der Waals surface area contributed by atoms with Crippen LogP contribution in [-0.4, -0.2) is 52.2 Å². The zero-order valence-corrected chi connectivity index (χ0v) is 18.2. The molecule has 164 valence electrons. The molecule has 1 aliphatic carbocycles. The first-order valence-corrected chi connectivity index (χ1v) is 11.9. The first-order valence-electron chi connectivity index (χ1n) is 10.3. The molecule has 1 saturated carbocycles. The third-order valence-corrected chi connectivity index (χ3v) is 6.64. The second-order valence-corrected chi connectivity index (χ2v) is 9.49. The van der Waals surface area contributed by atoms with Crippen molar-refractivity contribution in [1.29, 1.82) is 0 Å². The minimum atomic E-state index is -3.64. The van der Waals surface area contributed by atoms with Crippen molar-refractivity contribution in [3.05, 3.63) is 18.0 Å². The molecule has 0 unspecified atom stereocenters. The van der Waals surface area contributed by atoms with Gasteiger partial charge in [-0.1, -0.05) is 12.8 Å². The fourth-order valence-corrected chi connectivity index (χ4v) is 4.80. The number of nitrogens with one attached hydrogen (secondary N) is 1. The van der Waals surface area contributed by atoms with Gasteiger partial charge in [-0.15, -0.1) is 0 Å². The van der Waals surface area contributed by atoms with E-state index in [1.807, 2.05) is 12.1 Å². The molecule has 1 aromatic carbocycles. The highest BCUT2D eigenvalue weighted by molar-refractivity contribution is 7.87. The molecule has 2 fully saturated rings. The van der Waals surface area contributed by atoms with Gasteiger partial charge in [0.25, 0.3) is 10.2 Å². The molecule has 1 aromatic heterocycles. The van der Waals surface area contributed by atoms with E-state index in [1.165, 1.54) is 12.8 Å². The summed E-state index contributed by atoms with van der Waals surface area (Å²) in [5.74, 6) is 3.91. The molecule has 0 amide bonds. The maximum absolute atomic E-state index is 11.0. The molecule has 9 nitrogen and oxygen atoms in total. The van der Waals surface area contributed by atoms with Gasteiger partial charge in [0.2, 0.25) is 0 Å². The van der Waals surface area contributed by atoms with Crippen molar-refractivity contribution in [3.8, 4) is 11.5 Å². The van der Waals surface area contributed by atoms with Crippen LogP contribution in [-0.2, 0) is 10.2 Å². The molecule has 30 heavy (non-hydrogen) atoms. The van der Waals surface area contributed by atoms with Gasteiger partial charge >= 0.3 is 0 Å². The Hall–Kier alpha value is -2.17. The van der Waals surface area contributed by atoms with E-state index in [9.17, 15) is 8.42 Å². The first kappa shape index (κ1) is 21.1. The van der Waals surface area contributed by atoms with Crippen molar-refractivity contribution in [2.45, 2.75) is 38.0 Å². The van der Waals surface area contributed by atoms with Crippen LogP contribution >= 0.6 is 0 Å². The summed E-state index contributed by atoms with van der Waals surface area (Å²) in [6.07, 6.45) is 5.43. The Bertz CT molecular complexity index is 1020. The van der Waals surface area contributed by atoms with Gasteiger partial charge in [0.05, 0.1) is 19.7 Å². The summed E-state index contributed by atoms with van der Waals surface area (Å²) in [6, 6.07) is 3.86. The second-order valence-electron chi connectivity index (χ2n) is 8.11. The number of fused-ring (bicyclic) bond motifs is 1. The molecule has 3 N–H and O–H groups in total. The predicted octanol–water partition coefficient (Wildman–Crippen LogP) is 1.92. The lowest BCUT2D eigenvalue weighted by Crippen LogP contribution is -2.48. The number of aromatic nitrogens is 2. The van der Waals surface area contributed by atoms with Crippen LogP contribution in [0.1, 0.15) is 43.8 Å². The molecule has 2 aliphatic rings. The van der Waals surface area contributed by atoms with Crippen molar-refractivity contribution in [2.75, 3.05) is 38.8 Å². The van der Waals surface area contributed by atoms with Crippen molar-refractivity contribution < 1.29 is 17.9 Å². The third kappa shape index (κ3) is 4.45. The Morgan fingerprint density at radius 1 is 1.13 bits per heavy atom. The van der Waals surface area contributed by atoms with Crippen molar-refractivity contribution >= 4 is 26.9 Å². The van der Waals surface area contributed by atoms with Crippen LogP contribution in [0.25, 0.3) is 10.9 Å². The SMILES string of the molecule is COc1cc2nc(C3CCCC3)nc(N3CC(CCNS(N)(=O)=O)C3)c2cc1OC. The zero-order chi connectivity index (χ0) is 21.3. The average molecular weight is 436 g/mol. The molecular formula is C20H29N5O4S. The highest BCUT2D eigenvalue weighted by atomic mass is 32.2. The minimum Gasteiger partial charge on any atom is -0.493 e. The van der Waals surface area contributed by atoms with Gasteiger partial charge in [-0.05, 0) is 31.2 Å². The van der Waals surface area contributed by atoms with E-state index >= 15 is 0 Å². The number of nitrogens with two attached hydrogens (primary N) is 1. The van der Waals surface area contributed by atoms with E-state index in [2.05, 4.69) is 9.62 Å². The van der Waals surface area contributed by atoms with Crippen LogP contribution in [0, 0.1) is 5.92 Å². The average Bonchev–Trinajstić information content (AvgIpc) is 3.22. The summed E-state index contributed by atoms with van der Waals surface area (Å²) in [4.78, 5) is 12.1. The van der Waals surface area contributed by atoms with E-state index < -0.39 is 10.2 Å². The van der Waals surface area contributed by atoms with E-state index in [1.54, 1.807) is 14.2 Å². The van der Waals surface area contributed by atoms with Gasteiger partial charge in [-0.2, -0.15) is 8.42 Å². The highest BCUT2D eigenvalue weighted by Crippen LogP contribution is 2.40. The lowest BCUT2D eigenvalue weighted by molar-refractivity contribution is 0.355. The maximum atomic E-state index is 11.0. The first-order chi connectivity index (χ1) is 14.4. The van der Waals surface area contributed by atoms with Crippen LogP contribution in [0.15, 0.2) is 12.1 Å². The third-order valence-electron chi connectivity index (χ3n) is 6.03. The smallest absolute Gasteiger partial charge is 0.274 e. The Kier molecular flexibility index (Phi) is 5.99. The van der Waals surface area contributed by atoms with Crippen LogP contribution in [0.3, 0.4) is 0 Å². The number of anilines is 1. The maximum Gasteiger partial charge on any atom is 0.274 e. The molecule has 2 aromatic rings. The lowest BCUT2D eigenvalue weighted by Gasteiger charge is -2.41. The fourth-order valence-electron chi connectivity index (χ4n) is 4.40. The van der Waals surface area contributed by atoms with Crippen LogP contribution < -0.4 is 24.2 Å². The number of benzene rings is 1. The van der Waals surface area contributed by atoms with Crippen molar-refractivity contribution in [1.82, 2.24) is 14.7 Å². The van der Waals surface area contributed by atoms with Gasteiger partial charge in [-0.25, -0.2) is 19.8 Å². The van der Waals surface area contributed by atoms with Gasteiger partial charge < -0.3 is 14.4 Å². The molecule has 0 atom stereocenters. The van der Waals surface area contributed by atoms with Crippen molar-refractivity contribution in [3.63, 3.8) is 0 Å². The number of ether oxygens (including phenoxy) is 2. The quantitative estimate of drug-likeness (QED) is 0.650. The number of nitrogens with zero attached hydrogens (tertiary/aromatic N) is 3. The normalized spacial score (nSPS) is 18.0. The molecule has 1 aliphatic heterocycles. The number of methoxy groups -OCH3 is 2. The summed E-state index contributed by atoms with van der Waals surface area (Å²) in [7, 11) is -0.393. The van der Waals surface area contributed by atoms with E-state index in [0.29, 0.717) is 29.9 Å². The number of hydrogen-bond acceptors (Lipinski definition) is 7. The molecule has 1 saturated heterocycles. The molecule has 10 heteroatoms. The predicted molar refractivity (Wildman–Crippen MR) is 115 cm³/mol. The fraction of sp³-hybridized carbons (Fsp3) is 0.600. The summed E-state index contributed by atoms with van der Waals surface area (Å²) < 4.78 is 35.4. The Morgan fingerprint density at radius 2 is 1.80 bits per heavy atom. The van der Waals surface area contributed by atoms with Gasteiger partial charge in [0, 0.05) is 37.0 Å². The summed E-state index contributed by atoms with van der Waals surface area (Å²) in [5.41, 5.74) is 0.860. The van der Waals surface area contributed by atoms with E-state index in [-0.39, 0.29) is 0 Å². The highest BCUT2D eigenvalue weighted by Gasteiger charge is 2.31. The molecular weight excluding hydrogens is 406 g/mol. The largest absolute Gasteiger partial charge is 0.493 e. The summed E-state index contributed by atoms with van der Waals surface area (Å²) in [5, 5.41) is 5.94. The monoisotopic (exact) mass is 435 g/mol. The molecule has 0 bridgehead atoms. The van der Waals surface area contributed by atoms with Crippen LogP contribution in [0.4, 0.5) is 5.82 Å². The van der Waals surface area contributed by atoms with Gasteiger partial charge in [-0.3, -0.25) is 0 Å². The molecule has 4 rings (SSSR count).